The summed E-state index contributed by atoms with van der Waals surface area (Å²) in [7, 11) is -7.01. The van der Waals surface area contributed by atoms with Crippen LogP contribution in [0.4, 0.5) is 5.82 Å². The highest BCUT2D eigenvalue weighted by atomic mass is 32.2. The third-order valence-electron chi connectivity index (χ3n) is 2.07. The third kappa shape index (κ3) is 3.68. The van der Waals surface area contributed by atoms with Crippen LogP contribution in [0.15, 0.2) is 11.1 Å². The first kappa shape index (κ1) is 13.9. The molecule has 0 spiro atoms. The molecule has 4 N–H and O–H groups in total. The van der Waals surface area contributed by atoms with E-state index in [0.717, 1.165) is 6.20 Å². The van der Waals surface area contributed by atoms with Gasteiger partial charge in [-0.25, -0.2) is 21.6 Å². The first-order chi connectivity index (χ1) is 7.78. The average Bonchev–Trinajstić information content (AvgIpc) is 2.64. The number of sulfonamides is 1. The number of sulfone groups is 1. The van der Waals surface area contributed by atoms with E-state index in [4.69, 9.17) is 5.73 Å². The number of nitrogen functional groups attached to an aromatic ring is 1. The fourth-order valence-corrected chi connectivity index (χ4v) is 2.94. The van der Waals surface area contributed by atoms with Gasteiger partial charge in [0, 0.05) is 12.3 Å². The molecule has 1 heterocycles. The normalized spacial score (nSPS) is 12.8. The van der Waals surface area contributed by atoms with Crippen LogP contribution in [0, 0.1) is 0 Å². The van der Waals surface area contributed by atoms with Gasteiger partial charge in [0.25, 0.3) is 0 Å². The summed E-state index contributed by atoms with van der Waals surface area (Å²) >= 11 is 0. The standard InChI is InChI=1S/C7H14N4O4S2/c1-2-16(12,13)4-3-10-17(14,15)6-5-9-11-7(6)8/h5,10H,2-4H2,1H3,(H3,8,9,11). The van der Waals surface area contributed by atoms with Crippen LogP contribution in [0.25, 0.3) is 0 Å². The van der Waals surface area contributed by atoms with Crippen molar-refractivity contribution in [2.24, 2.45) is 0 Å². The highest BCUT2D eigenvalue weighted by molar-refractivity contribution is 7.91. The van der Waals surface area contributed by atoms with Crippen LogP contribution in [-0.2, 0) is 19.9 Å². The van der Waals surface area contributed by atoms with Crippen LogP contribution in [-0.4, -0.2) is 45.1 Å². The van der Waals surface area contributed by atoms with Gasteiger partial charge < -0.3 is 5.73 Å². The molecule has 10 heteroatoms. The Hall–Kier alpha value is -1.13. The molecule has 1 aromatic rings. The summed E-state index contributed by atoms with van der Waals surface area (Å²) in [6.45, 7) is 1.31. The van der Waals surface area contributed by atoms with Gasteiger partial charge >= 0.3 is 0 Å². The van der Waals surface area contributed by atoms with E-state index in [0.29, 0.717) is 0 Å². The molecule has 0 aromatic carbocycles. The lowest BCUT2D eigenvalue weighted by Gasteiger charge is -2.05. The molecule has 1 aromatic heterocycles. The molecule has 0 saturated carbocycles. The zero-order valence-corrected chi connectivity index (χ0v) is 10.8. The Morgan fingerprint density at radius 2 is 2.06 bits per heavy atom. The Labute approximate surface area is 99.6 Å². The SMILES string of the molecule is CCS(=O)(=O)CCNS(=O)(=O)c1cn[nH]c1N. The molecule has 0 saturated heterocycles. The maximum Gasteiger partial charge on any atom is 0.245 e. The van der Waals surface area contributed by atoms with Crippen molar-refractivity contribution in [1.29, 1.82) is 0 Å². The summed E-state index contributed by atoms with van der Waals surface area (Å²) in [5.74, 6) is -0.362. The molecule has 0 amide bonds. The minimum atomic E-state index is -3.81. The van der Waals surface area contributed by atoms with E-state index in [1.54, 1.807) is 0 Å². The van der Waals surface area contributed by atoms with E-state index in [1.165, 1.54) is 6.92 Å². The number of nitrogens with two attached hydrogens (primary N) is 1. The Balaban J connectivity index is 2.68. The molecule has 0 atom stereocenters. The molecule has 0 bridgehead atoms. The Morgan fingerprint density at radius 3 is 2.53 bits per heavy atom. The summed E-state index contributed by atoms with van der Waals surface area (Å²) in [5, 5.41) is 5.76. The van der Waals surface area contributed by atoms with Crippen LogP contribution in [0.5, 0.6) is 0 Å². The molecule has 0 fully saturated rings. The van der Waals surface area contributed by atoms with Gasteiger partial charge in [0.15, 0.2) is 9.84 Å². The minimum absolute atomic E-state index is 0.0252. The summed E-state index contributed by atoms with van der Waals surface area (Å²) in [4.78, 5) is -0.189. The van der Waals surface area contributed by atoms with Gasteiger partial charge in [0.05, 0.1) is 11.9 Å². The van der Waals surface area contributed by atoms with Crippen molar-refractivity contribution in [3.05, 3.63) is 6.20 Å². The van der Waals surface area contributed by atoms with Gasteiger partial charge in [-0.05, 0) is 0 Å². The van der Waals surface area contributed by atoms with Crippen LogP contribution >= 0.6 is 0 Å². The maximum absolute atomic E-state index is 11.6. The smallest absolute Gasteiger partial charge is 0.245 e. The van der Waals surface area contributed by atoms with Crippen molar-refractivity contribution >= 4 is 25.7 Å². The quantitative estimate of drug-likeness (QED) is 0.593. The van der Waals surface area contributed by atoms with Gasteiger partial charge in [-0.3, -0.25) is 5.10 Å². The molecule has 98 valence electrons. The minimum Gasteiger partial charge on any atom is -0.383 e. The molecular weight excluding hydrogens is 268 g/mol. The first-order valence-electron chi connectivity index (χ1n) is 4.77. The summed E-state index contributed by atoms with van der Waals surface area (Å²) in [6.07, 6.45) is 1.06. The fourth-order valence-electron chi connectivity index (χ4n) is 1.05. The lowest BCUT2D eigenvalue weighted by Crippen LogP contribution is -2.29. The number of aromatic nitrogens is 2. The van der Waals surface area contributed by atoms with Crippen LogP contribution in [0.2, 0.25) is 0 Å². The lowest BCUT2D eigenvalue weighted by molar-refractivity contribution is 0.581. The molecule has 1 rings (SSSR count). The van der Waals surface area contributed by atoms with Gasteiger partial charge in [0.1, 0.15) is 10.7 Å². The first-order valence-corrected chi connectivity index (χ1v) is 8.08. The van der Waals surface area contributed by atoms with Crippen LogP contribution in [0.3, 0.4) is 0 Å². The third-order valence-corrected chi connectivity index (χ3v) is 5.26. The molecule has 0 aliphatic carbocycles. The highest BCUT2D eigenvalue weighted by Crippen LogP contribution is 2.13. The monoisotopic (exact) mass is 282 g/mol. The van der Waals surface area contributed by atoms with E-state index in [9.17, 15) is 16.8 Å². The number of aromatic amines is 1. The van der Waals surface area contributed by atoms with E-state index < -0.39 is 19.9 Å². The van der Waals surface area contributed by atoms with Gasteiger partial charge in [-0.15, -0.1) is 0 Å². The molecule has 17 heavy (non-hydrogen) atoms. The zero-order valence-electron chi connectivity index (χ0n) is 9.17. The fraction of sp³-hybridized carbons (Fsp3) is 0.571. The van der Waals surface area contributed by atoms with Crippen molar-refractivity contribution in [3.63, 3.8) is 0 Å². The molecule has 0 aliphatic heterocycles. The Bertz CT molecular complexity index is 575. The van der Waals surface area contributed by atoms with Crippen LogP contribution < -0.4 is 10.5 Å². The number of H-pyrrole nitrogens is 1. The second kappa shape index (κ2) is 5.02. The molecule has 0 aliphatic rings. The van der Waals surface area contributed by atoms with Crippen LogP contribution in [0.1, 0.15) is 6.92 Å². The van der Waals surface area contributed by atoms with Gasteiger partial charge in [-0.2, -0.15) is 5.10 Å². The number of nitrogens with one attached hydrogen (secondary N) is 2. The zero-order chi connectivity index (χ0) is 13.1. The van der Waals surface area contributed by atoms with E-state index in [-0.39, 0.29) is 28.8 Å². The molecule has 8 nitrogen and oxygen atoms in total. The topological polar surface area (TPSA) is 135 Å². The second-order valence-electron chi connectivity index (χ2n) is 3.28. The highest BCUT2D eigenvalue weighted by Gasteiger charge is 2.19. The van der Waals surface area contributed by atoms with Gasteiger partial charge in [0.2, 0.25) is 10.0 Å². The Morgan fingerprint density at radius 1 is 1.41 bits per heavy atom. The Kier molecular flexibility index (Phi) is 4.11. The summed E-state index contributed by atoms with van der Waals surface area (Å²) in [6, 6.07) is 0. The van der Waals surface area contributed by atoms with E-state index in [1.807, 2.05) is 0 Å². The number of nitrogens with zero attached hydrogens (tertiary/aromatic N) is 1. The lowest BCUT2D eigenvalue weighted by atomic mass is 10.7. The van der Waals surface area contributed by atoms with Crippen molar-refractivity contribution in [1.82, 2.24) is 14.9 Å². The van der Waals surface area contributed by atoms with Crippen molar-refractivity contribution < 1.29 is 16.8 Å². The average molecular weight is 282 g/mol. The van der Waals surface area contributed by atoms with Crippen molar-refractivity contribution in [3.8, 4) is 0 Å². The summed E-state index contributed by atoms with van der Waals surface area (Å²) < 4.78 is 47.8. The number of hydrogen-bond donors (Lipinski definition) is 3. The van der Waals surface area contributed by atoms with Crippen molar-refractivity contribution in [2.75, 3.05) is 23.8 Å². The molecule has 0 radical (unpaired) electrons. The van der Waals surface area contributed by atoms with E-state index >= 15 is 0 Å². The molecular formula is C7H14N4O4S2. The van der Waals surface area contributed by atoms with Crippen molar-refractivity contribution in [2.45, 2.75) is 11.8 Å². The number of rotatable bonds is 6. The van der Waals surface area contributed by atoms with E-state index in [2.05, 4.69) is 14.9 Å². The number of hydrogen-bond acceptors (Lipinski definition) is 6. The summed E-state index contributed by atoms with van der Waals surface area (Å²) in [5.41, 5.74) is 5.35. The predicted octanol–water partition coefficient (Wildman–Crippen LogP) is -1.30. The largest absolute Gasteiger partial charge is 0.383 e. The van der Waals surface area contributed by atoms with Gasteiger partial charge in [-0.1, -0.05) is 6.92 Å². The maximum atomic E-state index is 11.6. The molecule has 0 unspecified atom stereocenters. The number of anilines is 1. The second-order valence-corrected chi connectivity index (χ2v) is 7.49. The predicted molar refractivity (Wildman–Crippen MR) is 62.5 cm³/mol.